The van der Waals surface area contributed by atoms with Gasteiger partial charge in [-0.1, -0.05) is 6.08 Å². The Morgan fingerprint density at radius 3 is 3.00 bits per heavy atom. The molecule has 1 N–H and O–H groups in total. The van der Waals surface area contributed by atoms with Crippen LogP contribution in [0.1, 0.15) is 5.89 Å². The summed E-state index contributed by atoms with van der Waals surface area (Å²) in [5.41, 5.74) is 0. The largest absolute Gasteiger partial charge is 0.480 e. The van der Waals surface area contributed by atoms with Crippen LogP contribution in [0.15, 0.2) is 39.9 Å². The minimum Gasteiger partial charge on any atom is -0.480 e. The van der Waals surface area contributed by atoms with Gasteiger partial charge < -0.3 is 13.9 Å². The number of hydrogen-bond donors (Lipinski definition) is 1. The fraction of sp³-hybridized carbons (Fsp3) is 0.250. The van der Waals surface area contributed by atoms with Gasteiger partial charge >= 0.3 is 5.97 Å². The van der Waals surface area contributed by atoms with Crippen molar-refractivity contribution < 1.29 is 18.7 Å². The molecule has 2 aromatic rings. The first-order chi connectivity index (χ1) is 9.19. The molecular weight excluding hydrogens is 250 g/mol. The van der Waals surface area contributed by atoms with Gasteiger partial charge in [-0.15, -0.1) is 16.8 Å². The number of hydrogen-bond acceptors (Lipinski definition) is 6. The van der Waals surface area contributed by atoms with Gasteiger partial charge in [0.25, 0.3) is 5.89 Å². The van der Waals surface area contributed by atoms with Gasteiger partial charge in [-0.05, 0) is 12.1 Å². The maximum Gasteiger partial charge on any atom is 0.317 e. The molecule has 2 heterocycles. The molecule has 0 bridgehead atoms. The normalized spacial score (nSPS) is 10.8. The van der Waals surface area contributed by atoms with E-state index in [1.165, 1.54) is 6.26 Å². The highest BCUT2D eigenvalue weighted by Gasteiger charge is 2.15. The molecule has 0 radical (unpaired) electrons. The summed E-state index contributed by atoms with van der Waals surface area (Å²) in [5, 5.41) is 16.5. The van der Waals surface area contributed by atoms with Gasteiger partial charge in [0.05, 0.1) is 19.4 Å². The van der Waals surface area contributed by atoms with E-state index < -0.39 is 5.97 Å². The van der Waals surface area contributed by atoms with E-state index in [4.69, 9.17) is 13.9 Å². The molecule has 0 aliphatic heterocycles. The maximum absolute atomic E-state index is 10.7. The number of aromatic nitrogens is 2. The van der Waals surface area contributed by atoms with Crippen LogP contribution in [-0.4, -0.2) is 39.3 Å². The van der Waals surface area contributed by atoms with Crippen molar-refractivity contribution in [3.05, 3.63) is 36.9 Å². The van der Waals surface area contributed by atoms with E-state index in [0.717, 1.165) is 0 Å². The number of aliphatic carboxylic acids is 1. The average molecular weight is 263 g/mol. The van der Waals surface area contributed by atoms with Crippen molar-refractivity contribution in [1.29, 1.82) is 0 Å². The Kier molecular flexibility index (Phi) is 4.09. The highest BCUT2D eigenvalue weighted by atomic mass is 16.4. The van der Waals surface area contributed by atoms with Crippen LogP contribution in [0.5, 0.6) is 0 Å². The van der Waals surface area contributed by atoms with E-state index in [9.17, 15) is 4.79 Å². The van der Waals surface area contributed by atoms with Crippen LogP contribution in [0.4, 0.5) is 0 Å². The highest BCUT2D eigenvalue weighted by molar-refractivity contribution is 5.69. The van der Waals surface area contributed by atoms with Crippen LogP contribution in [0, 0.1) is 0 Å². The Balaban J connectivity index is 2.05. The van der Waals surface area contributed by atoms with Crippen LogP contribution >= 0.6 is 0 Å². The zero-order valence-corrected chi connectivity index (χ0v) is 10.2. The highest BCUT2D eigenvalue weighted by Crippen LogP contribution is 2.18. The van der Waals surface area contributed by atoms with Crippen LogP contribution in [0.3, 0.4) is 0 Å². The summed E-state index contributed by atoms with van der Waals surface area (Å²) < 4.78 is 10.5. The fourth-order valence-corrected chi connectivity index (χ4v) is 1.57. The number of furan rings is 1. The van der Waals surface area contributed by atoms with Crippen molar-refractivity contribution in [3.63, 3.8) is 0 Å². The Morgan fingerprint density at radius 2 is 2.37 bits per heavy atom. The Labute approximate surface area is 109 Å². The van der Waals surface area contributed by atoms with Crippen molar-refractivity contribution in [2.45, 2.75) is 6.54 Å². The zero-order chi connectivity index (χ0) is 13.7. The molecule has 0 fully saturated rings. The maximum atomic E-state index is 10.7. The summed E-state index contributed by atoms with van der Waals surface area (Å²) in [6.07, 6.45) is 3.13. The Hall–Kier alpha value is -2.41. The van der Waals surface area contributed by atoms with Crippen LogP contribution in [0.2, 0.25) is 0 Å². The van der Waals surface area contributed by atoms with Gasteiger partial charge in [0.2, 0.25) is 5.89 Å². The molecule has 0 aromatic carbocycles. The van der Waals surface area contributed by atoms with Gasteiger partial charge in [-0.25, -0.2) is 0 Å². The molecule has 0 saturated heterocycles. The third-order valence-electron chi connectivity index (χ3n) is 2.30. The summed E-state index contributed by atoms with van der Waals surface area (Å²) in [4.78, 5) is 12.3. The second-order valence-corrected chi connectivity index (χ2v) is 3.83. The first-order valence-corrected chi connectivity index (χ1v) is 5.60. The molecule has 0 atom stereocenters. The number of rotatable bonds is 7. The standard InChI is InChI=1S/C12H13N3O4/c1-2-5-15(8-11(16)17)7-10-13-14-12(19-10)9-4-3-6-18-9/h2-4,6H,1,5,7-8H2,(H,16,17). The quantitative estimate of drug-likeness (QED) is 0.754. The predicted molar refractivity (Wildman–Crippen MR) is 65.1 cm³/mol. The summed E-state index contributed by atoms with van der Waals surface area (Å²) in [6.45, 7) is 4.12. The Bertz CT molecular complexity index is 547. The SMILES string of the molecule is C=CCN(CC(=O)O)Cc1nnc(-c2ccco2)o1. The molecular formula is C12H13N3O4. The molecule has 7 nitrogen and oxygen atoms in total. The molecule has 0 saturated carbocycles. The lowest BCUT2D eigenvalue weighted by atomic mass is 10.4. The summed E-state index contributed by atoms with van der Waals surface area (Å²) in [7, 11) is 0. The lowest BCUT2D eigenvalue weighted by Crippen LogP contribution is -2.29. The molecule has 19 heavy (non-hydrogen) atoms. The van der Waals surface area contributed by atoms with Crippen molar-refractivity contribution in [2.24, 2.45) is 0 Å². The fourth-order valence-electron chi connectivity index (χ4n) is 1.57. The van der Waals surface area contributed by atoms with Crippen molar-refractivity contribution in [1.82, 2.24) is 15.1 Å². The van der Waals surface area contributed by atoms with Gasteiger partial charge in [0, 0.05) is 6.54 Å². The molecule has 0 spiro atoms. The second kappa shape index (κ2) is 5.96. The molecule has 0 unspecified atom stereocenters. The third-order valence-corrected chi connectivity index (χ3v) is 2.30. The first-order valence-electron chi connectivity index (χ1n) is 5.60. The minimum absolute atomic E-state index is 0.121. The first kappa shape index (κ1) is 13.0. The van der Waals surface area contributed by atoms with Crippen LogP contribution < -0.4 is 0 Å². The van der Waals surface area contributed by atoms with Crippen LogP contribution in [0.25, 0.3) is 11.7 Å². The molecule has 2 aromatic heterocycles. The minimum atomic E-state index is -0.923. The zero-order valence-electron chi connectivity index (χ0n) is 10.2. The lowest BCUT2D eigenvalue weighted by molar-refractivity contribution is -0.138. The van der Waals surface area contributed by atoms with Crippen molar-refractivity contribution in [2.75, 3.05) is 13.1 Å². The van der Waals surface area contributed by atoms with E-state index in [2.05, 4.69) is 16.8 Å². The third kappa shape index (κ3) is 3.52. The van der Waals surface area contributed by atoms with Gasteiger partial charge in [0.15, 0.2) is 5.76 Å². The van der Waals surface area contributed by atoms with Crippen molar-refractivity contribution >= 4 is 5.97 Å². The van der Waals surface area contributed by atoms with Gasteiger partial charge in [-0.3, -0.25) is 9.69 Å². The number of nitrogens with zero attached hydrogens (tertiary/aromatic N) is 3. The average Bonchev–Trinajstić information content (AvgIpc) is 2.97. The molecule has 0 aliphatic rings. The summed E-state index contributed by atoms with van der Waals surface area (Å²) in [5.74, 6) is 0.156. The number of carboxylic acid groups (broad SMARTS) is 1. The van der Waals surface area contributed by atoms with E-state index >= 15 is 0 Å². The van der Waals surface area contributed by atoms with Gasteiger partial charge in [-0.2, -0.15) is 0 Å². The lowest BCUT2D eigenvalue weighted by Gasteiger charge is -2.15. The topological polar surface area (TPSA) is 92.6 Å². The van der Waals surface area contributed by atoms with Gasteiger partial charge in [0.1, 0.15) is 0 Å². The predicted octanol–water partition coefficient (Wildman–Crippen LogP) is 1.40. The smallest absolute Gasteiger partial charge is 0.317 e. The monoisotopic (exact) mass is 263 g/mol. The molecule has 100 valence electrons. The van der Waals surface area contributed by atoms with E-state index in [-0.39, 0.29) is 19.0 Å². The van der Waals surface area contributed by atoms with Crippen molar-refractivity contribution in [3.8, 4) is 11.7 Å². The molecule has 0 aliphatic carbocycles. The second-order valence-electron chi connectivity index (χ2n) is 3.83. The van der Waals surface area contributed by atoms with Crippen LogP contribution in [-0.2, 0) is 11.3 Å². The number of carbonyl (C=O) groups is 1. The summed E-state index contributed by atoms with van der Waals surface area (Å²) >= 11 is 0. The van der Waals surface area contributed by atoms with E-state index in [1.807, 2.05) is 0 Å². The summed E-state index contributed by atoms with van der Waals surface area (Å²) in [6, 6.07) is 3.42. The molecule has 7 heteroatoms. The molecule has 2 rings (SSSR count). The van der Waals surface area contributed by atoms with E-state index in [0.29, 0.717) is 18.2 Å². The Morgan fingerprint density at radius 1 is 1.53 bits per heavy atom. The van der Waals surface area contributed by atoms with E-state index in [1.54, 1.807) is 23.1 Å². The molecule has 0 amide bonds. The number of carboxylic acids is 1.